The molecular weight excluding hydrogens is 508 g/mol. The Labute approximate surface area is 249 Å². The monoisotopic (exact) mass is 560 g/mol. The van der Waals surface area contributed by atoms with Gasteiger partial charge < -0.3 is 18.9 Å². The van der Waals surface area contributed by atoms with E-state index in [0.717, 1.165) is 50.0 Å². The van der Waals surface area contributed by atoms with Crippen LogP contribution < -0.4 is 9.47 Å². The zero-order valence-electron chi connectivity index (χ0n) is 26.9. The van der Waals surface area contributed by atoms with Gasteiger partial charge in [0, 0.05) is 5.41 Å². The summed E-state index contributed by atoms with van der Waals surface area (Å²) >= 11 is 0. The minimum atomic E-state index is -0.0704. The first-order valence-corrected chi connectivity index (χ1v) is 15.4. The van der Waals surface area contributed by atoms with Gasteiger partial charge in [-0.3, -0.25) is 0 Å². The maximum atomic E-state index is 6.53. The standard InChI is InChI=1S/C37H52O4/c1-11-38-17-13-15-19-40-33-25(3)21-29-31(27(33)5)37(23-35(29,7)8)24-36(9,10)30-22-26(4)34(28(6)32(30)37)41-20-16-14-18-39-12-2/h11-12,21-22H,1-2,13-20,23-24H2,3-10H3. The Morgan fingerprint density at radius 2 is 1.00 bits per heavy atom. The molecule has 0 aromatic heterocycles. The van der Waals surface area contributed by atoms with Gasteiger partial charge in [-0.2, -0.15) is 0 Å². The van der Waals surface area contributed by atoms with E-state index in [-0.39, 0.29) is 16.2 Å². The molecule has 2 aromatic carbocycles. The van der Waals surface area contributed by atoms with Crippen molar-refractivity contribution < 1.29 is 18.9 Å². The Morgan fingerprint density at radius 3 is 1.37 bits per heavy atom. The Balaban J connectivity index is 1.76. The number of hydrogen-bond donors (Lipinski definition) is 0. The summed E-state index contributed by atoms with van der Waals surface area (Å²) < 4.78 is 23.7. The predicted octanol–water partition coefficient (Wildman–Crippen LogP) is 9.21. The number of benzene rings is 2. The van der Waals surface area contributed by atoms with Crippen LogP contribution in [-0.2, 0) is 25.7 Å². The van der Waals surface area contributed by atoms with Crippen molar-refractivity contribution in [3.05, 3.63) is 82.3 Å². The molecule has 0 heterocycles. The molecule has 0 fully saturated rings. The van der Waals surface area contributed by atoms with Gasteiger partial charge in [-0.15, -0.1) is 0 Å². The van der Waals surface area contributed by atoms with Crippen LogP contribution in [0.4, 0.5) is 0 Å². The van der Waals surface area contributed by atoms with Crippen LogP contribution in [0.3, 0.4) is 0 Å². The fourth-order valence-corrected chi connectivity index (χ4v) is 8.01. The second kappa shape index (κ2) is 12.2. The summed E-state index contributed by atoms with van der Waals surface area (Å²) in [7, 11) is 0. The van der Waals surface area contributed by atoms with Crippen LogP contribution >= 0.6 is 0 Å². The molecule has 0 N–H and O–H groups in total. The van der Waals surface area contributed by atoms with E-state index in [2.05, 4.69) is 80.7 Å². The fraction of sp³-hybridized carbons (Fsp3) is 0.568. The van der Waals surface area contributed by atoms with Crippen molar-refractivity contribution in [2.45, 2.75) is 110 Å². The van der Waals surface area contributed by atoms with E-state index in [4.69, 9.17) is 18.9 Å². The molecule has 0 amide bonds. The van der Waals surface area contributed by atoms with Gasteiger partial charge in [0.15, 0.2) is 0 Å². The molecule has 0 saturated heterocycles. The average Bonchev–Trinajstić information content (AvgIpc) is 3.25. The number of rotatable bonds is 14. The molecule has 0 bridgehead atoms. The minimum Gasteiger partial charge on any atom is -0.502 e. The summed E-state index contributed by atoms with van der Waals surface area (Å²) in [6, 6.07) is 4.84. The van der Waals surface area contributed by atoms with Gasteiger partial charge in [-0.1, -0.05) is 53.0 Å². The summed E-state index contributed by atoms with van der Waals surface area (Å²) in [5.74, 6) is 2.11. The Kier molecular flexibility index (Phi) is 9.21. The molecule has 4 nitrogen and oxygen atoms in total. The van der Waals surface area contributed by atoms with E-state index in [0.29, 0.717) is 26.4 Å². The first-order chi connectivity index (χ1) is 19.4. The molecule has 2 aromatic rings. The van der Waals surface area contributed by atoms with Crippen LogP contribution in [0.2, 0.25) is 0 Å². The van der Waals surface area contributed by atoms with Gasteiger partial charge in [-0.25, -0.2) is 0 Å². The highest BCUT2D eigenvalue weighted by atomic mass is 16.5. The van der Waals surface area contributed by atoms with E-state index in [9.17, 15) is 0 Å². The number of ether oxygens (including phenoxy) is 4. The van der Waals surface area contributed by atoms with Crippen molar-refractivity contribution in [3.63, 3.8) is 0 Å². The van der Waals surface area contributed by atoms with Gasteiger partial charge in [0.1, 0.15) is 11.5 Å². The van der Waals surface area contributed by atoms with E-state index in [1.54, 1.807) is 0 Å². The molecule has 0 aliphatic heterocycles. The maximum absolute atomic E-state index is 6.53. The summed E-state index contributed by atoms with van der Waals surface area (Å²) in [5.41, 5.74) is 11.1. The van der Waals surface area contributed by atoms with Crippen LogP contribution in [-0.4, -0.2) is 26.4 Å². The number of fused-ring (bicyclic) bond motifs is 4. The molecule has 0 saturated carbocycles. The van der Waals surface area contributed by atoms with Gasteiger partial charge in [-0.05, 0) is 122 Å². The lowest BCUT2D eigenvalue weighted by Gasteiger charge is -2.33. The van der Waals surface area contributed by atoms with Crippen LogP contribution in [0.15, 0.2) is 37.8 Å². The van der Waals surface area contributed by atoms with Gasteiger partial charge in [0.2, 0.25) is 0 Å². The highest BCUT2D eigenvalue weighted by molar-refractivity contribution is 5.68. The zero-order valence-corrected chi connectivity index (χ0v) is 26.9. The molecule has 4 rings (SSSR count). The van der Waals surface area contributed by atoms with Gasteiger partial charge >= 0.3 is 0 Å². The van der Waals surface area contributed by atoms with Crippen LogP contribution in [0.25, 0.3) is 0 Å². The lowest BCUT2D eigenvalue weighted by Crippen LogP contribution is -2.28. The molecule has 2 aliphatic carbocycles. The smallest absolute Gasteiger partial charge is 0.125 e. The third kappa shape index (κ3) is 5.76. The normalized spacial score (nSPS) is 17.2. The number of aryl methyl sites for hydroxylation is 2. The molecule has 0 radical (unpaired) electrons. The maximum Gasteiger partial charge on any atom is 0.125 e. The summed E-state index contributed by atoms with van der Waals surface area (Å²) in [4.78, 5) is 0. The number of hydrogen-bond acceptors (Lipinski definition) is 4. The third-order valence-corrected chi connectivity index (χ3v) is 9.35. The molecule has 224 valence electrons. The first kappa shape index (κ1) is 31.1. The molecule has 0 unspecified atom stereocenters. The molecule has 0 atom stereocenters. The van der Waals surface area contributed by atoms with Crippen molar-refractivity contribution in [1.29, 1.82) is 0 Å². The van der Waals surface area contributed by atoms with E-state index in [1.807, 2.05) is 0 Å². The van der Waals surface area contributed by atoms with Gasteiger partial charge in [0.05, 0.1) is 39.0 Å². The predicted molar refractivity (Wildman–Crippen MR) is 170 cm³/mol. The number of unbranched alkanes of at least 4 members (excludes halogenated alkanes) is 2. The molecule has 1 spiro atoms. The first-order valence-electron chi connectivity index (χ1n) is 15.4. The van der Waals surface area contributed by atoms with Crippen molar-refractivity contribution in [2.24, 2.45) is 0 Å². The highest BCUT2D eigenvalue weighted by Gasteiger charge is 2.58. The summed E-state index contributed by atoms with van der Waals surface area (Å²) in [6.07, 6.45) is 9.03. The van der Waals surface area contributed by atoms with Crippen LogP contribution in [0, 0.1) is 27.7 Å². The minimum absolute atomic E-state index is 0.0621. The van der Waals surface area contributed by atoms with Crippen molar-refractivity contribution in [3.8, 4) is 11.5 Å². The molecular formula is C37H52O4. The largest absolute Gasteiger partial charge is 0.502 e. The molecule has 2 aliphatic rings. The van der Waals surface area contributed by atoms with Crippen molar-refractivity contribution in [1.82, 2.24) is 0 Å². The lowest BCUT2D eigenvalue weighted by atomic mass is 9.70. The molecule has 41 heavy (non-hydrogen) atoms. The van der Waals surface area contributed by atoms with Crippen LogP contribution in [0.1, 0.15) is 111 Å². The Morgan fingerprint density at radius 1 is 0.634 bits per heavy atom. The molecule has 4 heteroatoms. The quantitative estimate of drug-likeness (QED) is 0.170. The SMILES string of the molecule is C=COCCCCOc1c(C)cc2c(c1C)C1(CC2(C)C)CC(C)(C)c2cc(C)c(OCCCCOC=C)c(C)c21. The van der Waals surface area contributed by atoms with Gasteiger partial charge in [0.25, 0.3) is 0 Å². The Hall–Kier alpha value is -2.88. The van der Waals surface area contributed by atoms with Crippen LogP contribution in [0.5, 0.6) is 11.5 Å². The average molecular weight is 561 g/mol. The highest BCUT2D eigenvalue weighted by Crippen LogP contribution is 2.65. The fourth-order valence-electron chi connectivity index (χ4n) is 8.01. The second-order valence-electron chi connectivity index (χ2n) is 13.5. The van der Waals surface area contributed by atoms with E-state index < -0.39 is 0 Å². The van der Waals surface area contributed by atoms with E-state index in [1.165, 1.54) is 57.0 Å². The summed E-state index contributed by atoms with van der Waals surface area (Å²) in [6.45, 7) is 28.7. The third-order valence-electron chi connectivity index (χ3n) is 9.35. The Bertz CT molecular complexity index is 1180. The lowest BCUT2D eigenvalue weighted by molar-refractivity contribution is 0.225. The van der Waals surface area contributed by atoms with Crippen molar-refractivity contribution in [2.75, 3.05) is 26.4 Å². The summed E-state index contributed by atoms with van der Waals surface area (Å²) in [5, 5.41) is 0. The topological polar surface area (TPSA) is 36.9 Å². The van der Waals surface area contributed by atoms with Crippen molar-refractivity contribution >= 4 is 0 Å². The zero-order chi connectivity index (χ0) is 30.0. The second-order valence-corrected chi connectivity index (χ2v) is 13.5. The van der Waals surface area contributed by atoms with E-state index >= 15 is 0 Å².